The van der Waals surface area contributed by atoms with Gasteiger partial charge >= 0.3 is 5.97 Å². The number of esters is 1. The molecule has 0 aromatic heterocycles. The summed E-state index contributed by atoms with van der Waals surface area (Å²) in [5.41, 5.74) is 1.50. The van der Waals surface area contributed by atoms with Crippen LogP contribution in [0.2, 0.25) is 0 Å². The first-order chi connectivity index (χ1) is 28.6. The number of nitrogens with zero attached hydrogens (tertiary/aromatic N) is 1. The number of fused-ring (bicyclic) bond motifs is 3. The number of sulfonamides is 1. The number of benzene rings is 2. The molecule has 8 nitrogen and oxygen atoms in total. The van der Waals surface area contributed by atoms with Crippen LogP contribution in [0, 0.1) is 69.5 Å². The van der Waals surface area contributed by atoms with E-state index in [9.17, 15) is 13.2 Å². The number of hydrogen-bond donors (Lipinski definition) is 0. The molecule has 2 bridgehead atoms. The molecule has 1 aliphatic heterocycles. The molecule has 1 heterocycles. The number of likely N-dealkylation sites (N-methyl/N-ethyl adjacent to an activating group) is 1. The molecule has 0 radical (unpaired) electrons. The fourth-order valence-electron chi connectivity index (χ4n) is 13.9. The van der Waals surface area contributed by atoms with Crippen molar-refractivity contribution in [2.24, 2.45) is 62.6 Å². The molecule has 9 heteroatoms. The molecule has 1 saturated heterocycles. The largest absolute Gasteiger partial charge is 0.461 e. The topological polar surface area (TPSA) is 91.4 Å². The Morgan fingerprint density at radius 3 is 2.23 bits per heavy atom. The van der Waals surface area contributed by atoms with Crippen molar-refractivity contribution in [3.63, 3.8) is 0 Å². The highest BCUT2D eigenvalue weighted by Gasteiger charge is 2.72. The SMILES string of the molecule is CO[C@@H]1C[C@@]23COC[C@@](C)([C@@H]2CC[C@H]2C3=CC[C@@]3(C)[C@H](C(=O)OCc4ccccc4)[C@@](C)([C@H](C)C(C)C)CC[C@]23C)[C@H]1OC[C@@](C)(C(C)C)N(C)S(=O)(=O)c1ccc(C)cc1. The summed E-state index contributed by atoms with van der Waals surface area (Å²) in [5, 5.41) is 0. The number of carbonyl (C=O) groups is 1. The van der Waals surface area contributed by atoms with Crippen LogP contribution in [0.15, 0.2) is 71.1 Å². The molecule has 0 spiro atoms. The number of aryl methyl sites for hydroxylation is 1. The molecule has 7 rings (SSSR count). The Morgan fingerprint density at radius 1 is 0.934 bits per heavy atom. The summed E-state index contributed by atoms with van der Waals surface area (Å²) < 4.78 is 56.6. The van der Waals surface area contributed by atoms with Gasteiger partial charge < -0.3 is 18.9 Å². The first kappa shape index (κ1) is 46.4. The highest BCUT2D eigenvalue weighted by atomic mass is 32.2. The van der Waals surface area contributed by atoms with Gasteiger partial charge in [0.25, 0.3) is 0 Å². The van der Waals surface area contributed by atoms with Crippen molar-refractivity contribution in [3.05, 3.63) is 77.4 Å². The molecule has 12 atom stereocenters. The Kier molecular flexibility index (Phi) is 12.5. The van der Waals surface area contributed by atoms with Gasteiger partial charge in [0.05, 0.1) is 48.4 Å². The van der Waals surface area contributed by atoms with Crippen LogP contribution in [-0.2, 0) is 40.4 Å². The minimum absolute atomic E-state index is 0.0324. The maximum atomic E-state index is 14.9. The Bertz CT molecular complexity index is 2050. The number of ether oxygens (including phenoxy) is 4. The van der Waals surface area contributed by atoms with E-state index in [1.807, 2.05) is 63.4 Å². The van der Waals surface area contributed by atoms with Gasteiger partial charge in [-0.3, -0.25) is 4.79 Å². The second kappa shape index (κ2) is 16.5. The summed E-state index contributed by atoms with van der Waals surface area (Å²) in [6.07, 6.45) is 7.80. The molecule has 3 saturated carbocycles. The van der Waals surface area contributed by atoms with Crippen LogP contribution in [0.1, 0.15) is 119 Å². The number of methoxy groups -OCH3 is 1. The summed E-state index contributed by atoms with van der Waals surface area (Å²) >= 11 is 0. The molecule has 4 fully saturated rings. The third kappa shape index (κ3) is 7.21. The molecule has 0 N–H and O–H groups in total. The molecule has 61 heavy (non-hydrogen) atoms. The normalized spacial score (nSPS) is 37.6. The van der Waals surface area contributed by atoms with Crippen molar-refractivity contribution in [1.29, 1.82) is 0 Å². The van der Waals surface area contributed by atoms with Crippen LogP contribution in [0.3, 0.4) is 0 Å². The van der Waals surface area contributed by atoms with Gasteiger partial charge in [-0.05, 0) is 116 Å². The van der Waals surface area contributed by atoms with E-state index in [1.165, 1.54) is 9.88 Å². The fraction of sp³-hybridized carbons (Fsp3) is 0.712. The number of rotatable bonds is 13. The third-order valence-electron chi connectivity index (χ3n) is 18.8. The zero-order chi connectivity index (χ0) is 44.6. The molecule has 2 aromatic carbocycles. The van der Waals surface area contributed by atoms with Gasteiger partial charge in [-0.2, -0.15) is 4.31 Å². The van der Waals surface area contributed by atoms with Crippen molar-refractivity contribution in [2.75, 3.05) is 34.0 Å². The lowest BCUT2D eigenvalue weighted by Crippen LogP contribution is -2.70. The molecule has 338 valence electrons. The summed E-state index contributed by atoms with van der Waals surface area (Å²) in [6, 6.07) is 17.2. The van der Waals surface area contributed by atoms with E-state index in [0.717, 1.165) is 49.7 Å². The van der Waals surface area contributed by atoms with Gasteiger partial charge in [0.1, 0.15) is 6.61 Å². The maximum absolute atomic E-state index is 14.9. The highest BCUT2D eigenvalue weighted by Crippen LogP contribution is 2.75. The Balaban J connectivity index is 1.21. The summed E-state index contributed by atoms with van der Waals surface area (Å²) in [7, 11) is -0.293. The summed E-state index contributed by atoms with van der Waals surface area (Å²) in [4.78, 5) is 15.1. The third-order valence-corrected chi connectivity index (χ3v) is 20.8. The average molecular weight is 860 g/mol. The zero-order valence-corrected chi connectivity index (χ0v) is 40.5. The van der Waals surface area contributed by atoms with E-state index >= 15 is 0 Å². The Morgan fingerprint density at radius 2 is 1.61 bits per heavy atom. The molecule has 5 aliphatic rings. The van der Waals surface area contributed by atoms with Gasteiger partial charge in [0, 0.05) is 25.0 Å². The minimum Gasteiger partial charge on any atom is -0.461 e. The van der Waals surface area contributed by atoms with E-state index in [4.69, 9.17) is 18.9 Å². The average Bonchev–Trinajstić information content (AvgIpc) is 3.22. The van der Waals surface area contributed by atoms with Crippen LogP contribution in [-0.4, -0.2) is 70.4 Å². The molecule has 0 amide bonds. The van der Waals surface area contributed by atoms with Crippen LogP contribution in [0.5, 0.6) is 0 Å². The van der Waals surface area contributed by atoms with Crippen molar-refractivity contribution in [2.45, 2.75) is 144 Å². The van der Waals surface area contributed by atoms with E-state index in [0.29, 0.717) is 36.9 Å². The Labute approximate surface area is 369 Å². The van der Waals surface area contributed by atoms with Crippen LogP contribution < -0.4 is 0 Å². The molecule has 4 aliphatic carbocycles. The smallest absolute Gasteiger partial charge is 0.310 e. The molecule has 0 unspecified atom stereocenters. The number of allylic oxidation sites excluding steroid dienone is 1. The second-order valence-corrected chi connectivity index (χ2v) is 24.1. The predicted octanol–water partition coefficient (Wildman–Crippen LogP) is 10.7. The predicted molar refractivity (Wildman–Crippen MR) is 242 cm³/mol. The fourth-order valence-corrected chi connectivity index (χ4v) is 15.5. The van der Waals surface area contributed by atoms with Gasteiger partial charge in [0.2, 0.25) is 10.0 Å². The van der Waals surface area contributed by atoms with Gasteiger partial charge in [-0.15, -0.1) is 0 Å². The summed E-state index contributed by atoms with van der Waals surface area (Å²) in [5.74, 6) is 1.05. The summed E-state index contributed by atoms with van der Waals surface area (Å²) in [6.45, 7) is 26.5. The standard InChI is InChI=1S/C52H77NO7S/c1-34(2)37(6)47(7)27-28-49(9)40-23-24-43-48(8)31-58-33-52(43,41(40)25-26-50(49,10)44(47)46(54)59-30-38-17-15-14-16-18-38)29-42(57-13)45(48)60-32-51(11,35(3)4)53(12)61(55,56)39-21-19-36(5)20-22-39/h14-22,25,34-35,37,40,42-45H,23-24,26-33H2,1-13H3/t37-,40+,42-,43+,44-,45+,47-,48+,49-,50+,51+,52+/m1/s1. The highest BCUT2D eigenvalue weighted by molar-refractivity contribution is 7.89. The quantitative estimate of drug-likeness (QED) is 0.146. The first-order valence-electron chi connectivity index (χ1n) is 23.3. The maximum Gasteiger partial charge on any atom is 0.310 e. The van der Waals surface area contributed by atoms with Crippen molar-refractivity contribution in [3.8, 4) is 0 Å². The van der Waals surface area contributed by atoms with Gasteiger partial charge in [-0.1, -0.05) is 122 Å². The van der Waals surface area contributed by atoms with Crippen molar-refractivity contribution >= 4 is 16.0 Å². The van der Waals surface area contributed by atoms with E-state index in [2.05, 4.69) is 68.4 Å². The molecular weight excluding hydrogens is 783 g/mol. The van der Waals surface area contributed by atoms with Crippen LogP contribution in [0.25, 0.3) is 0 Å². The lowest BCUT2D eigenvalue weighted by atomic mass is 9.34. The van der Waals surface area contributed by atoms with E-state index in [1.54, 1.807) is 19.2 Å². The lowest BCUT2D eigenvalue weighted by Gasteiger charge is -2.71. The van der Waals surface area contributed by atoms with Crippen LogP contribution in [0.4, 0.5) is 0 Å². The molecule has 2 aromatic rings. The van der Waals surface area contributed by atoms with Gasteiger partial charge in [0.15, 0.2) is 0 Å². The Hall–Kier alpha value is -2.56. The van der Waals surface area contributed by atoms with Crippen molar-refractivity contribution < 1.29 is 32.2 Å². The van der Waals surface area contributed by atoms with E-state index < -0.39 is 15.6 Å². The lowest BCUT2D eigenvalue weighted by molar-refractivity contribution is -0.271. The van der Waals surface area contributed by atoms with Crippen LogP contribution >= 0.6 is 0 Å². The second-order valence-electron chi connectivity index (χ2n) is 22.1. The first-order valence-corrected chi connectivity index (χ1v) is 24.7. The van der Waals surface area contributed by atoms with Gasteiger partial charge in [-0.25, -0.2) is 8.42 Å². The van der Waals surface area contributed by atoms with E-state index in [-0.39, 0.29) is 75.2 Å². The number of carbonyl (C=O) groups excluding carboxylic acids is 1. The zero-order valence-electron chi connectivity index (χ0n) is 39.7. The monoisotopic (exact) mass is 860 g/mol. The minimum atomic E-state index is -3.80. The molecular formula is C52H77NO7S. The van der Waals surface area contributed by atoms with Crippen molar-refractivity contribution in [1.82, 2.24) is 4.31 Å². The number of hydrogen-bond acceptors (Lipinski definition) is 7.